The number of nitrogens with two attached hydrogens (primary N) is 1. The van der Waals surface area contributed by atoms with Crippen LogP contribution < -0.4 is 5.73 Å². The lowest BCUT2D eigenvalue weighted by Gasteiger charge is -2.08. The van der Waals surface area contributed by atoms with E-state index in [4.69, 9.17) is 17.3 Å². The normalized spacial score (nSPS) is 11.5. The van der Waals surface area contributed by atoms with Gasteiger partial charge in [-0.2, -0.15) is 5.10 Å². The minimum absolute atomic E-state index is 0.298. The highest BCUT2D eigenvalue weighted by Crippen LogP contribution is 2.26. The average molecular weight is 224 g/mol. The number of fused-ring (bicyclic) bond motifs is 1. The second kappa shape index (κ2) is 3.83. The van der Waals surface area contributed by atoms with Gasteiger partial charge in [0, 0.05) is 18.0 Å². The molecule has 0 amide bonds. The number of hydrogen-bond acceptors (Lipinski definition) is 2. The number of rotatable bonds is 2. The molecular formula is C11H14ClN3. The highest BCUT2D eigenvalue weighted by atomic mass is 35.5. The molecule has 0 spiro atoms. The van der Waals surface area contributed by atoms with E-state index in [1.54, 1.807) is 0 Å². The summed E-state index contributed by atoms with van der Waals surface area (Å²) in [5.41, 5.74) is 7.63. The van der Waals surface area contributed by atoms with Crippen LogP contribution in [-0.2, 0) is 6.54 Å². The lowest BCUT2D eigenvalue weighted by molar-refractivity contribution is 0.515. The van der Waals surface area contributed by atoms with Crippen LogP contribution in [0.5, 0.6) is 0 Å². The molecule has 1 heterocycles. The van der Waals surface area contributed by atoms with Crippen molar-refractivity contribution in [2.45, 2.75) is 26.4 Å². The Balaban J connectivity index is 2.78. The van der Waals surface area contributed by atoms with Gasteiger partial charge in [0.25, 0.3) is 0 Å². The lowest BCUT2D eigenvalue weighted by Crippen LogP contribution is -2.10. The summed E-state index contributed by atoms with van der Waals surface area (Å²) >= 11 is 6.09. The smallest absolute Gasteiger partial charge is 0.111 e. The topological polar surface area (TPSA) is 43.8 Å². The van der Waals surface area contributed by atoms with E-state index in [1.807, 2.05) is 22.9 Å². The summed E-state index contributed by atoms with van der Waals surface area (Å²) < 4.78 is 1.94. The van der Waals surface area contributed by atoms with E-state index >= 15 is 0 Å². The van der Waals surface area contributed by atoms with Gasteiger partial charge in [0.15, 0.2) is 0 Å². The van der Waals surface area contributed by atoms with Gasteiger partial charge in [-0.15, -0.1) is 0 Å². The van der Waals surface area contributed by atoms with Crippen molar-refractivity contribution in [3.05, 3.63) is 28.9 Å². The van der Waals surface area contributed by atoms with Gasteiger partial charge in [0.05, 0.1) is 10.7 Å². The summed E-state index contributed by atoms with van der Waals surface area (Å²) in [6, 6.07) is 6.08. The monoisotopic (exact) mass is 223 g/mol. The van der Waals surface area contributed by atoms with E-state index in [0.29, 0.717) is 17.6 Å². The van der Waals surface area contributed by atoms with Gasteiger partial charge in [0.1, 0.15) is 5.52 Å². The van der Waals surface area contributed by atoms with Crippen molar-refractivity contribution in [3.63, 3.8) is 0 Å². The third kappa shape index (κ3) is 1.62. The minimum Gasteiger partial charge on any atom is -0.325 e. The zero-order chi connectivity index (χ0) is 11.0. The molecule has 80 valence electrons. The van der Waals surface area contributed by atoms with Crippen LogP contribution in [0.25, 0.3) is 10.9 Å². The summed E-state index contributed by atoms with van der Waals surface area (Å²) in [7, 11) is 0. The maximum absolute atomic E-state index is 6.09. The Morgan fingerprint density at radius 1 is 1.47 bits per heavy atom. The van der Waals surface area contributed by atoms with Crippen LogP contribution in [0.4, 0.5) is 0 Å². The number of aromatic nitrogens is 2. The van der Waals surface area contributed by atoms with Gasteiger partial charge in [0.2, 0.25) is 0 Å². The second-order valence-corrected chi connectivity index (χ2v) is 4.23. The van der Waals surface area contributed by atoms with Crippen LogP contribution in [0.15, 0.2) is 18.2 Å². The van der Waals surface area contributed by atoms with E-state index in [-0.39, 0.29) is 0 Å². The molecule has 15 heavy (non-hydrogen) atoms. The van der Waals surface area contributed by atoms with Gasteiger partial charge in [-0.05, 0) is 19.9 Å². The molecule has 1 aromatic carbocycles. The molecule has 4 heteroatoms. The number of hydrogen-bond donors (Lipinski definition) is 1. The van der Waals surface area contributed by atoms with E-state index in [1.165, 1.54) is 0 Å². The largest absolute Gasteiger partial charge is 0.325 e. The Bertz CT molecular complexity index is 488. The molecule has 0 saturated heterocycles. The molecule has 0 aliphatic heterocycles. The van der Waals surface area contributed by atoms with Crippen molar-refractivity contribution in [2.75, 3.05) is 0 Å². The lowest BCUT2D eigenvalue weighted by atomic mass is 10.2. The number of halogens is 1. The first kappa shape index (κ1) is 10.5. The quantitative estimate of drug-likeness (QED) is 0.851. The molecule has 0 unspecified atom stereocenters. The van der Waals surface area contributed by atoms with E-state index in [9.17, 15) is 0 Å². The Hall–Kier alpha value is -1.06. The first-order valence-electron chi connectivity index (χ1n) is 5.00. The maximum atomic E-state index is 6.09. The zero-order valence-corrected chi connectivity index (χ0v) is 9.62. The molecule has 2 rings (SSSR count). The zero-order valence-electron chi connectivity index (χ0n) is 8.87. The third-order valence-electron chi connectivity index (χ3n) is 2.46. The Labute approximate surface area is 93.8 Å². The van der Waals surface area contributed by atoms with Crippen molar-refractivity contribution >= 4 is 22.5 Å². The Morgan fingerprint density at radius 2 is 2.20 bits per heavy atom. The predicted molar refractivity (Wildman–Crippen MR) is 63.0 cm³/mol. The van der Waals surface area contributed by atoms with Crippen LogP contribution in [0.2, 0.25) is 5.02 Å². The predicted octanol–water partition coefficient (Wildman–Crippen LogP) is 2.73. The van der Waals surface area contributed by atoms with E-state index < -0.39 is 0 Å². The molecule has 2 aromatic rings. The summed E-state index contributed by atoms with van der Waals surface area (Å²) in [6.07, 6.45) is 0. The fraction of sp³-hybridized carbons (Fsp3) is 0.364. The molecule has 2 N–H and O–H groups in total. The molecule has 0 bridgehead atoms. The van der Waals surface area contributed by atoms with Gasteiger partial charge in [-0.1, -0.05) is 23.7 Å². The van der Waals surface area contributed by atoms with Crippen molar-refractivity contribution in [2.24, 2.45) is 5.73 Å². The third-order valence-corrected chi connectivity index (χ3v) is 2.77. The Kier molecular flexibility index (Phi) is 2.67. The summed E-state index contributed by atoms with van der Waals surface area (Å²) in [6.45, 7) is 4.65. The fourth-order valence-electron chi connectivity index (χ4n) is 1.77. The molecule has 0 atom stereocenters. The molecule has 1 aromatic heterocycles. The van der Waals surface area contributed by atoms with Crippen LogP contribution in [0.1, 0.15) is 25.6 Å². The minimum atomic E-state index is 0.298. The molecule has 0 saturated carbocycles. The van der Waals surface area contributed by atoms with Crippen molar-refractivity contribution in [3.8, 4) is 0 Å². The molecular weight excluding hydrogens is 210 g/mol. The number of benzene rings is 1. The summed E-state index contributed by atoms with van der Waals surface area (Å²) in [4.78, 5) is 0. The summed E-state index contributed by atoms with van der Waals surface area (Å²) in [5, 5.41) is 6.22. The fourth-order valence-corrected chi connectivity index (χ4v) is 1.98. The SMILES string of the molecule is CC(C)n1nc2c(Cl)cccc2c1CN. The van der Waals surface area contributed by atoms with E-state index in [0.717, 1.165) is 16.6 Å². The molecule has 0 aliphatic carbocycles. The van der Waals surface area contributed by atoms with Crippen LogP contribution in [0.3, 0.4) is 0 Å². The summed E-state index contributed by atoms with van der Waals surface area (Å²) in [5.74, 6) is 0. The second-order valence-electron chi connectivity index (χ2n) is 3.83. The maximum Gasteiger partial charge on any atom is 0.111 e. The molecule has 3 nitrogen and oxygen atoms in total. The highest BCUT2D eigenvalue weighted by molar-refractivity contribution is 6.35. The van der Waals surface area contributed by atoms with Crippen LogP contribution >= 0.6 is 11.6 Å². The van der Waals surface area contributed by atoms with Gasteiger partial charge in [-0.3, -0.25) is 4.68 Å². The van der Waals surface area contributed by atoms with Crippen molar-refractivity contribution < 1.29 is 0 Å². The Morgan fingerprint density at radius 3 is 2.80 bits per heavy atom. The standard InChI is InChI=1S/C11H14ClN3/c1-7(2)15-10(6-13)8-4-3-5-9(12)11(8)14-15/h3-5,7H,6,13H2,1-2H3. The van der Waals surface area contributed by atoms with Gasteiger partial charge >= 0.3 is 0 Å². The van der Waals surface area contributed by atoms with Crippen LogP contribution in [-0.4, -0.2) is 9.78 Å². The highest BCUT2D eigenvalue weighted by Gasteiger charge is 2.13. The van der Waals surface area contributed by atoms with Gasteiger partial charge < -0.3 is 5.73 Å². The van der Waals surface area contributed by atoms with Gasteiger partial charge in [-0.25, -0.2) is 0 Å². The van der Waals surface area contributed by atoms with Crippen molar-refractivity contribution in [1.29, 1.82) is 0 Å². The molecule has 0 aliphatic rings. The average Bonchev–Trinajstić information content (AvgIpc) is 2.57. The van der Waals surface area contributed by atoms with Crippen LogP contribution in [0, 0.1) is 0 Å². The van der Waals surface area contributed by atoms with E-state index in [2.05, 4.69) is 18.9 Å². The number of nitrogens with zero attached hydrogens (tertiary/aromatic N) is 2. The van der Waals surface area contributed by atoms with Crippen molar-refractivity contribution in [1.82, 2.24) is 9.78 Å². The first-order valence-corrected chi connectivity index (χ1v) is 5.38. The molecule has 0 fully saturated rings. The first-order chi connectivity index (χ1) is 7.15. The molecule has 0 radical (unpaired) electrons.